The van der Waals surface area contributed by atoms with Gasteiger partial charge in [-0.05, 0) is 92.9 Å². The molecule has 4 aliphatic carbocycles. The fourth-order valence-electron chi connectivity index (χ4n) is 7.91. The zero-order chi connectivity index (χ0) is 23.4. The van der Waals surface area contributed by atoms with Crippen molar-refractivity contribution in [3.8, 4) is 11.8 Å². The standard InChI is InChI=1S/C29H38BrNO2/c1-27-19-23(20-8-10-21(11-9-20)31(2)3)26-22(12-16-28(32)14-5-4-7-25(26)28)24(27)13-17-29(27,33)15-6-18-30/h8-11,22-24,32-33H,4-5,7,12-14,16-19H2,1-3H3/t22-,23+,24-,27-,28-,29-/m0/s1. The lowest BCUT2D eigenvalue weighted by Crippen LogP contribution is -2.53. The number of halogens is 1. The molecule has 4 heteroatoms. The van der Waals surface area contributed by atoms with Crippen LogP contribution in [0.3, 0.4) is 0 Å². The van der Waals surface area contributed by atoms with Crippen molar-refractivity contribution in [1.82, 2.24) is 0 Å². The summed E-state index contributed by atoms with van der Waals surface area (Å²) in [6.07, 6.45) is 8.84. The van der Waals surface area contributed by atoms with Crippen LogP contribution in [-0.2, 0) is 0 Å². The Kier molecular flexibility index (Phi) is 6.00. The third-order valence-electron chi connectivity index (χ3n) is 9.69. The number of anilines is 1. The average Bonchev–Trinajstić information content (AvgIpc) is 3.07. The molecule has 178 valence electrons. The summed E-state index contributed by atoms with van der Waals surface area (Å²) in [4.78, 5) is 2.14. The smallest absolute Gasteiger partial charge is 0.131 e. The van der Waals surface area contributed by atoms with Gasteiger partial charge in [0.1, 0.15) is 5.60 Å². The lowest BCUT2D eigenvalue weighted by atomic mass is 9.50. The van der Waals surface area contributed by atoms with Gasteiger partial charge in [-0.2, -0.15) is 0 Å². The molecular weight excluding hydrogens is 474 g/mol. The van der Waals surface area contributed by atoms with E-state index >= 15 is 0 Å². The maximum absolute atomic E-state index is 11.9. The molecule has 0 saturated heterocycles. The molecule has 4 aliphatic rings. The minimum absolute atomic E-state index is 0.239. The molecule has 6 atom stereocenters. The molecule has 3 fully saturated rings. The van der Waals surface area contributed by atoms with Crippen LogP contribution in [0.15, 0.2) is 35.4 Å². The van der Waals surface area contributed by atoms with Crippen LogP contribution in [0.1, 0.15) is 76.2 Å². The van der Waals surface area contributed by atoms with Crippen molar-refractivity contribution in [1.29, 1.82) is 0 Å². The Balaban J connectivity index is 1.65. The Morgan fingerprint density at radius 3 is 2.52 bits per heavy atom. The summed E-state index contributed by atoms with van der Waals surface area (Å²) in [6, 6.07) is 8.99. The van der Waals surface area contributed by atoms with Gasteiger partial charge < -0.3 is 15.1 Å². The molecule has 1 aromatic rings. The number of hydrogen-bond donors (Lipinski definition) is 2. The quantitative estimate of drug-likeness (QED) is 0.299. The molecule has 0 unspecified atom stereocenters. The molecule has 3 nitrogen and oxygen atoms in total. The van der Waals surface area contributed by atoms with Crippen molar-refractivity contribution in [2.75, 3.05) is 24.3 Å². The van der Waals surface area contributed by atoms with Crippen LogP contribution in [0.25, 0.3) is 0 Å². The number of benzene rings is 1. The van der Waals surface area contributed by atoms with Crippen LogP contribution in [0.2, 0.25) is 0 Å². The number of aliphatic hydroxyl groups is 2. The minimum Gasteiger partial charge on any atom is -0.386 e. The number of nitrogens with zero attached hydrogens (tertiary/aromatic N) is 1. The fraction of sp³-hybridized carbons (Fsp3) is 0.655. The van der Waals surface area contributed by atoms with Crippen LogP contribution in [0.5, 0.6) is 0 Å². The molecule has 0 heterocycles. The Bertz CT molecular complexity index is 1000. The first-order chi connectivity index (χ1) is 15.7. The van der Waals surface area contributed by atoms with Crippen molar-refractivity contribution in [2.45, 2.75) is 81.8 Å². The highest BCUT2D eigenvalue weighted by Gasteiger charge is 2.63. The zero-order valence-electron chi connectivity index (χ0n) is 20.3. The second-order valence-electron chi connectivity index (χ2n) is 11.4. The number of alkyl halides is 1. The molecule has 0 spiro atoms. The minimum atomic E-state index is -0.941. The van der Waals surface area contributed by atoms with Gasteiger partial charge in [0.25, 0.3) is 0 Å². The van der Waals surface area contributed by atoms with Crippen molar-refractivity contribution in [2.24, 2.45) is 17.3 Å². The molecule has 0 aliphatic heterocycles. The summed E-state index contributed by atoms with van der Waals surface area (Å²) in [5.74, 6) is 7.54. The molecule has 0 radical (unpaired) electrons. The maximum Gasteiger partial charge on any atom is 0.131 e. The maximum atomic E-state index is 11.9. The first-order valence-corrected chi connectivity index (χ1v) is 13.9. The average molecular weight is 513 g/mol. The largest absolute Gasteiger partial charge is 0.386 e. The zero-order valence-corrected chi connectivity index (χ0v) is 21.9. The third kappa shape index (κ3) is 3.62. The SMILES string of the molecule is CN(C)c1ccc([C@H]2C[C@@]3(C)[C@@H](CC[C@@]3(O)C#CCBr)[C@@H]3CC[C@@]4(O)CCCCC4=C32)cc1. The summed E-state index contributed by atoms with van der Waals surface area (Å²) in [5.41, 5.74) is 3.62. The second-order valence-corrected chi connectivity index (χ2v) is 12.0. The molecule has 0 amide bonds. The van der Waals surface area contributed by atoms with E-state index < -0.39 is 11.2 Å². The molecular formula is C29H38BrNO2. The monoisotopic (exact) mass is 511 g/mol. The van der Waals surface area contributed by atoms with E-state index in [1.54, 1.807) is 0 Å². The van der Waals surface area contributed by atoms with Crippen LogP contribution in [0, 0.1) is 29.1 Å². The van der Waals surface area contributed by atoms with Gasteiger partial charge in [0.2, 0.25) is 0 Å². The molecule has 0 bridgehead atoms. The van der Waals surface area contributed by atoms with Crippen molar-refractivity contribution >= 4 is 21.6 Å². The van der Waals surface area contributed by atoms with E-state index in [1.165, 1.54) is 28.8 Å². The summed E-state index contributed by atoms with van der Waals surface area (Å²) >= 11 is 3.43. The number of rotatable bonds is 2. The normalized spacial score (nSPS) is 39.8. The van der Waals surface area contributed by atoms with Crippen molar-refractivity contribution in [3.63, 3.8) is 0 Å². The van der Waals surface area contributed by atoms with E-state index in [2.05, 4.69) is 78.0 Å². The van der Waals surface area contributed by atoms with Crippen LogP contribution >= 0.6 is 15.9 Å². The van der Waals surface area contributed by atoms with Gasteiger partial charge in [0.05, 0.1) is 10.9 Å². The molecule has 5 rings (SSSR count). The van der Waals surface area contributed by atoms with Crippen LogP contribution in [-0.4, -0.2) is 40.8 Å². The van der Waals surface area contributed by atoms with Crippen LogP contribution in [0.4, 0.5) is 5.69 Å². The summed E-state index contributed by atoms with van der Waals surface area (Å²) in [5, 5.41) is 24.2. The third-order valence-corrected chi connectivity index (χ3v) is 9.97. The summed E-state index contributed by atoms with van der Waals surface area (Å²) in [7, 11) is 4.15. The molecule has 3 saturated carbocycles. The summed E-state index contributed by atoms with van der Waals surface area (Å²) < 4.78 is 0. The summed E-state index contributed by atoms with van der Waals surface area (Å²) in [6.45, 7) is 2.30. The van der Waals surface area contributed by atoms with Gasteiger partial charge in [0, 0.05) is 31.1 Å². The van der Waals surface area contributed by atoms with Gasteiger partial charge in [0.15, 0.2) is 0 Å². The number of fused-ring (bicyclic) bond motifs is 4. The van der Waals surface area contributed by atoms with Crippen molar-refractivity contribution in [3.05, 3.63) is 41.0 Å². The highest BCUT2D eigenvalue weighted by atomic mass is 79.9. The van der Waals surface area contributed by atoms with Gasteiger partial charge in [-0.3, -0.25) is 0 Å². The molecule has 0 aromatic heterocycles. The predicted molar refractivity (Wildman–Crippen MR) is 139 cm³/mol. The first kappa shape index (κ1) is 23.5. The molecule has 1 aromatic carbocycles. The fourth-order valence-corrected chi connectivity index (χ4v) is 8.05. The van der Waals surface area contributed by atoms with E-state index in [0.717, 1.165) is 51.4 Å². The van der Waals surface area contributed by atoms with Crippen LogP contribution < -0.4 is 4.90 Å². The van der Waals surface area contributed by atoms with Crippen molar-refractivity contribution < 1.29 is 10.2 Å². The van der Waals surface area contributed by atoms with E-state index in [-0.39, 0.29) is 11.3 Å². The number of allylic oxidation sites excluding steroid dienone is 1. The Labute approximate surface area is 207 Å². The van der Waals surface area contributed by atoms with Gasteiger partial charge in [-0.25, -0.2) is 0 Å². The van der Waals surface area contributed by atoms with Gasteiger partial charge >= 0.3 is 0 Å². The number of hydrogen-bond acceptors (Lipinski definition) is 3. The predicted octanol–water partition coefficient (Wildman–Crippen LogP) is 5.80. The van der Waals surface area contributed by atoms with Gasteiger partial charge in [-0.1, -0.05) is 52.4 Å². The van der Waals surface area contributed by atoms with E-state index in [4.69, 9.17) is 0 Å². The first-order valence-electron chi connectivity index (χ1n) is 12.7. The second kappa shape index (κ2) is 8.43. The van der Waals surface area contributed by atoms with E-state index in [9.17, 15) is 10.2 Å². The Morgan fingerprint density at radius 2 is 1.82 bits per heavy atom. The molecule has 33 heavy (non-hydrogen) atoms. The topological polar surface area (TPSA) is 43.7 Å². The lowest BCUT2D eigenvalue weighted by molar-refractivity contribution is -0.0608. The van der Waals surface area contributed by atoms with E-state index in [0.29, 0.717) is 17.2 Å². The Hall–Kier alpha value is -1.28. The Morgan fingerprint density at radius 1 is 1.06 bits per heavy atom. The lowest BCUT2D eigenvalue weighted by Gasteiger charge is -2.56. The molecule has 2 N–H and O–H groups in total. The highest BCUT2D eigenvalue weighted by molar-refractivity contribution is 9.09. The highest BCUT2D eigenvalue weighted by Crippen LogP contribution is 2.67. The van der Waals surface area contributed by atoms with E-state index in [1.807, 2.05) is 0 Å². The van der Waals surface area contributed by atoms with Gasteiger partial charge in [-0.15, -0.1) is 0 Å².